The zero-order valence-corrected chi connectivity index (χ0v) is 9.11. The van der Waals surface area contributed by atoms with Crippen LogP contribution in [-0.4, -0.2) is 47.7 Å². The molecule has 0 aromatic rings. The average molecular weight is 212 g/mol. The number of aliphatic hydroxyl groups excluding tert-OH is 1. The molecule has 0 aromatic heterocycles. The minimum atomic E-state index is -0.410. The molecule has 0 radical (unpaired) electrons. The first-order valence-corrected chi connectivity index (χ1v) is 5.95. The van der Waals surface area contributed by atoms with E-state index in [2.05, 4.69) is 5.32 Å². The molecule has 1 amide bonds. The highest BCUT2D eigenvalue weighted by Gasteiger charge is 2.24. The van der Waals surface area contributed by atoms with E-state index < -0.39 is 6.10 Å². The molecule has 2 N–H and O–H groups in total. The third kappa shape index (κ3) is 3.47. The SMILES string of the molecule is O=C1CCCCN1CC(O)CNC1CC1. The second-order valence-corrected chi connectivity index (χ2v) is 4.63. The van der Waals surface area contributed by atoms with Crippen molar-refractivity contribution in [1.82, 2.24) is 10.2 Å². The highest BCUT2D eigenvalue weighted by Crippen LogP contribution is 2.18. The Morgan fingerprint density at radius 2 is 2.27 bits per heavy atom. The van der Waals surface area contributed by atoms with Gasteiger partial charge in [-0.15, -0.1) is 0 Å². The second-order valence-electron chi connectivity index (χ2n) is 4.63. The summed E-state index contributed by atoms with van der Waals surface area (Å²) >= 11 is 0. The van der Waals surface area contributed by atoms with E-state index in [1.807, 2.05) is 0 Å². The van der Waals surface area contributed by atoms with Gasteiger partial charge in [-0.05, 0) is 25.7 Å². The molecule has 0 bridgehead atoms. The Labute approximate surface area is 90.6 Å². The van der Waals surface area contributed by atoms with Crippen LogP contribution in [0.1, 0.15) is 32.1 Å². The number of hydrogen-bond acceptors (Lipinski definition) is 3. The topological polar surface area (TPSA) is 52.6 Å². The summed E-state index contributed by atoms with van der Waals surface area (Å²) in [5, 5.41) is 13.0. The van der Waals surface area contributed by atoms with Gasteiger partial charge in [-0.1, -0.05) is 0 Å². The van der Waals surface area contributed by atoms with Crippen molar-refractivity contribution in [3.05, 3.63) is 0 Å². The summed E-state index contributed by atoms with van der Waals surface area (Å²) in [5.41, 5.74) is 0. The third-order valence-corrected chi connectivity index (χ3v) is 3.07. The number of rotatable bonds is 5. The van der Waals surface area contributed by atoms with Crippen molar-refractivity contribution in [2.24, 2.45) is 0 Å². The van der Waals surface area contributed by atoms with Gasteiger partial charge in [0.15, 0.2) is 0 Å². The van der Waals surface area contributed by atoms with E-state index in [0.29, 0.717) is 25.6 Å². The summed E-state index contributed by atoms with van der Waals surface area (Å²) in [6, 6.07) is 0.622. The van der Waals surface area contributed by atoms with Gasteiger partial charge in [0.1, 0.15) is 0 Å². The van der Waals surface area contributed by atoms with Crippen LogP contribution in [0.5, 0.6) is 0 Å². The fraction of sp³-hybridized carbons (Fsp3) is 0.909. The van der Waals surface area contributed by atoms with Crippen molar-refractivity contribution < 1.29 is 9.90 Å². The molecular weight excluding hydrogens is 192 g/mol. The minimum Gasteiger partial charge on any atom is -0.390 e. The predicted octanol–water partition coefficient (Wildman–Crippen LogP) is 0.112. The van der Waals surface area contributed by atoms with Gasteiger partial charge < -0.3 is 15.3 Å². The van der Waals surface area contributed by atoms with Crippen molar-refractivity contribution in [3.63, 3.8) is 0 Å². The van der Waals surface area contributed by atoms with E-state index >= 15 is 0 Å². The van der Waals surface area contributed by atoms with Crippen molar-refractivity contribution in [2.75, 3.05) is 19.6 Å². The maximum absolute atomic E-state index is 11.5. The van der Waals surface area contributed by atoms with E-state index in [9.17, 15) is 9.90 Å². The first-order chi connectivity index (χ1) is 7.25. The number of carbonyl (C=O) groups excluding carboxylic acids is 1. The van der Waals surface area contributed by atoms with Gasteiger partial charge in [0, 0.05) is 32.1 Å². The van der Waals surface area contributed by atoms with Gasteiger partial charge in [-0.25, -0.2) is 0 Å². The molecule has 4 nitrogen and oxygen atoms in total. The fourth-order valence-electron chi connectivity index (χ4n) is 1.96. The normalized spacial score (nSPS) is 24.3. The molecule has 2 aliphatic rings. The largest absolute Gasteiger partial charge is 0.390 e. The lowest BCUT2D eigenvalue weighted by Crippen LogP contribution is -2.43. The van der Waals surface area contributed by atoms with Gasteiger partial charge in [0.2, 0.25) is 5.91 Å². The third-order valence-electron chi connectivity index (χ3n) is 3.07. The van der Waals surface area contributed by atoms with Crippen molar-refractivity contribution >= 4 is 5.91 Å². The van der Waals surface area contributed by atoms with Crippen molar-refractivity contribution in [3.8, 4) is 0 Å². The number of nitrogens with zero attached hydrogens (tertiary/aromatic N) is 1. The Hall–Kier alpha value is -0.610. The standard InChI is InChI=1S/C11H20N2O2/c14-10(7-12-9-4-5-9)8-13-6-2-1-3-11(13)15/h9-10,12,14H,1-8H2. The summed E-state index contributed by atoms with van der Waals surface area (Å²) in [4.78, 5) is 13.3. The molecular formula is C11H20N2O2. The molecule has 15 heavy (non-hydrogen) atoms. The summed E-state index contributed by atoms with van der Waals surface area (Å²) in [7, 11) is 0. The van der Waals surface area contributed by atoms with Crippen molar-refractivity contribution in [1.29, 1.82) is 0 Å². The molecule has 1 saturated carbocycles. The molecule has 1 aliphatic heterocycles. The van der Waals surface area contributed by atoms with E-state index in [-0.39, 0.29) is 5.91 Å². The maximum Gasteiger partial charge on any atom is 0.222 e. The van der Waals surface area contributed by atoms with E-state index in [0.717, 1.165) is 19.4 Å². The Morgan fingerprint density at radius 3 is 2.93 bits per heavy atom. The van der Waals surface area contributed by atoms with Gasteiger partial charge in [-0.2, -0.15) is 0 Å². The molecule has 1 heterocycles. The summed E-state index contributed by atoms with van der Waals surface area (Å²) in [6.45, 7) is 1.94. The summed E-state index contributed by atoms with van der Waals surface area (Å²) in [6.07, 6.45) is 4.79. The zero-order chi connectivity index (χ0) is 10.7. The summed E-state index contributed by atoms with van der Waals surface area (Å²) < 4.78 is 0. The van der Waals surface area contributed by atoms with E-state index in [4.69, 9.17) is 0 Å². The number of nitrogens with one attached hydrogen (secondary N) is 1. The lowest BCUT2D eigenvalue weighted by Gasteiger charge is -2.28. The number of likely N-dealkylation sites (tertiary alicyclic amines) is 1. The number of β-amino-alcohol motifs (C(OH)–C–C–N with tert-alkyl or cyclic N) is 1. The fourth-order valence-corrected chi connectivity index (χ4v) is 1.96. The van der Waals surface area contributed by atoms with Crippen LogP contribution in [0.25, 0.3) is 0 Å². The van der Waals surface area contributed by atoms with Crippen LogP contribution >= 0.6 is 0 Å². The Morgan fingerprint density at radius 1 is 1.47 bits per heavy atom. The van der Waals surface area contributed by atoms with E-state index in [1.165, 1.54) is 12.8 Å². The smallest absolute Gasteiger partial charge is 0.222 e. The molecule has 0 spiro atoms. The molecule has 2 rings (SSSR count). The highest BCUT2D eigenvalue weighted by atomic mass is 16.3. The van der Waals surface area contributed by atoms with Crippen LogP contribution in [0.4, 0.5) is 0 Å². The maximum atomic E-state index is 11.5. The van der Waals surface area contributed by atoms with Gasteiger partial charge in [0.05, 0.1) is 6.10 Å². The lowest BCUT2D eigenvalue weighted by atomic mass is 10.1. The molecule has 1 saturated heterocycles. The Bertz CT molecular complexity index is 229. The number of piperidine rings is 1. The number of carbonyl (C=O) groups is 1. The van der Waals surface area contributed by atoms with Crippen molar-refractivity contribution in [2.45, 2.75) is 44.2 Å². The monoisotopic (exact) mass is 212 g/mol. The first kappa shape index (κ1) is 10.9. The molecule has 1 unspecified atom stereocenters. The number of amides is 1. The average Bonchev–Trinajstić information content (AvgIpc) is 3.02. The molecule has 4 heteroatoms. The summed E-state index contributed by atoms with van der Waals surface area (Å²) in [5.74, 6) is 0.201. The van der Waals surface area contributed by atoms with Crippen LogP contribution in [0, 0.1) is 0 Å². The van der Waals surface area contributed by atoms with Crippen LogP contribution < -0.4 is 5.32 Å². The zero-order valence-electron chi connectivity index (χ0n) is 9.11. The molecule has 0 aromatic carbocycles. The predicted molar refractivity (Wildman–Crippen MR) is 57.5 cm³/mol. The molecule has 2 fully saturated rings. The Balaban J connectivity index is 1.66. The highest BCUT2D eigenvalue weighted by molar-refractivity contribution is 5.76. The van der Waals surface area contributed by atoms with Crippen LogP contribution in [0.15, 0.2) is 0 Å². The van der Waals surface area contributed by atoms with Gasteiger partial charge in [0.25, 0.3) is 0 Å². The van der Waals surface area contributed by atoms with Crippen LogP contribution in [-0.2, 0) is 4.79 Å². The number of hydrogen-bond donors (Lipinski definition) is 2. The van der Waals surface area contributed by atoms with Gasteiger partial charge in [-0.3, -0.25) is 4.79 Å². The molecule has 86 valence electrons. The molecule has 1 aliphatic carbocycles. The lowest BCUT2D eigenvalue weighted by molar-refractivity contribution is -0.134. The van der Waals surface area contributed by atoms with E-state index in [1.54, 1.807) is 4.90 Å². The number of aliphatic hydroxyl groups is 1. The minimum absolute atomic E-state index is 0.201. The van der Waals surface area contributed by atoms with Gasteiger partial charge >= 0.3 is 0 Å². The van der Waals surface area contributed by atoms with Crippen LogP contribution in [0.2, 0.25) is 0 Å². The first-order valence-electron chi connectivity index (χ1n) is 5.95. The second kappa shape index (κ2) is 4.94. The quantitative estimate of drug-likeness (QED) is 0.680. The Kier molecular flexibility index (Phi) is 3.59. The molecule has 1 atom stereocenters. The van der Waals surface area contributed by atoms with Crippen LogP contribution in [0.3, 0.4) is 0 Å².